The van der Waals surface area contributed by atoms with E-state index in [1.54, 1.807) is 19.1 Å². The first kappa shape index (κ1) is 13.5. The Balaban J connectivity index is 2.87. The summed E-state index contributed by atoms with van der Waals surface area (Å²) in [7, 11) is -3.17. The SMILES string of the molecule is CCC(NS(=O)(=O)CC)c1ccc(Cl)cc1. The highest BCUT2D eigenvalue weighted by atomic mass is 35.5. The van der Waals surface area contributed by atoms with Crippen LogP contribution in [0.1, 0.15) is 31.9 Å². The van der Waals surface area contributed by atoms with Gasteiger partial charge in [-0.3, -0.25) is 0 Å². The Morgan fingerprint density at radius 2 is 1.81 bits per heavy atom. The lowest BCUT2D eigenvalue weighted by Gasteiger charge is -2.16. The summed E-state index contributed by atoms with van der Waals surface area (Å²) in [5, 5.41) is 0.650. The van der Waals surface area contributed by atoms with Gasteiger partial charge in [0.1, 0.15) is 0 Å². The molecule has 1 rings (SSSR count). The van der Waals surface area contributed by atoms with Crippen molar-refractivity contribution in [3.8, 4) is 0 Å². The number of benzene rings is 1. The highest BCUT2D eigenvalue weighted by molar-refractivity contribution is 7.89. The van der Waals surface area contributed by atoms with E-state index >= 15 is 0 Å². The second kappa shape index (κ2) is 5.66. The summed E-state index contributed by atoms with van der Waals surface area (Å²) in [6.07, 6.45) is 0.709. The van der Waals surface area contributed by atoms with Crippen molar-refractivity contribution in [3.05, 3.63) is 34.9 Å². The lowest BCUT2D eigenvalue weighted by Crippen LogP contribution is -2.29. The fourth-order valence-electron chi connectivity index (χ4n) is 1.38. The van der Waals surface area contributed by atoms with Crippen LogP contribution in [0.15, 0.2) is 24.3 Å². The first-order chi connectivity index (χ1) is 7.48. The third-order valence-electron chi connectivity index (χ3n) is 2.38. The van der Waals surface area contributed by atoms with Gasteiger partial charge in [0.25, 0.3) is 0 Å². The molecule has 0 aliphatic rings. The van der Waals surface area contributed by atoms with Gasteiger partial charge in [0.2, 0.25) is 10.0 Å². The molecule has 90 valence electrons. The minimum atomic E-state index is -3.17. The Morgan fingerprint density at radius 1 is 1.25 bits per heavy atom. The van der Waals surface area contributed by atoms with Crippen LogP contribution < -0.4 is 4.72 Å². The molecule has 1 atom stereocenters. The minimum absolute atomic E-state index is 0.0943. The molecule has 0 spiro atoms. The van der Waals surface area contributed by atoms with E-state index in [0.717, 1.165) is 5.56 Å². The quantitative estimate of drug-likeness (QED) is 0.886. The second-order valence-electron chi connectivity index (χ2n) is 3.53. The fraction of sp³-hybridized carbons (Fsp3) is 0.455. The number of halogens is 1. The monoisotopic (exact) mass is 261 g/mol. The highest BCUT2D eigenvalue weighted by Crippen LogP contribution is 2.19. The summed E-state index contributed by atoms with van der Waals surface area (Å²) in [5.74, 6) is 0.0943. The summed E-state index contributed by atoms with van der Waals surface area (Å²) in [5.41, 5.74) is 0.934. The molecule has 0 aromatic heterocycles. The van der Waals surface area contributed by atoms with Crippen LogP contribution in [0.5, 0.6) is 0 Å². The van der Waals surface area contributed by atoms with Crippen LogP contribution in [-0.4, -0.2) is 14.2 Å². The average Bonchev–Trinajstić information content (AvgIpc) is 2.27. The van der Waals surface area contributed by atoms with E-state index < -0.39 is 10.0 Å². The van der Waals surface area contributed by atoms with E-state index in [9.17, 15) is 8.42 Å². The van der Waals surface area contributed by atoms with Gasteiger partial charge in [-0.25, -0.2) is 13.1 Å². The van der Waals surface area contributed by atoms with Crippen molar-refractivity contribution in [2.45, 2.75) is 26.3 Å². The van der Waals surface area contributed by atoms with Crippen molar-refractivity contribution in [3.63, 3.8) is 0 Å². The van der Waals surface area contributed by atoms with Gasteiger partial charge in [0.15, 0.2) is 0 Å². The molecular weight excluding hydrogens is 246 g/mol. The summed E-state index contributed by atoms with van der Waals surface area (Å²) in [4.78, 5) is 0. The van der Waals surface area contributed by atoms with Crippen LogP contribution in [0.25, 0.3) is 0 Å². The van der Waals surface area contributed by atoms with Gasteiger partial charge in [-0.05, 0) is 31.0 Å². The third-order valence-corrected chi connectivity index (χ3v) is 4.04. The molecule has 0 saturated carbocycles. The van der Waals surface area contributed by atoms with Gasteiger partial charge in [-0.1, -0.05) is 30.7 Å². The molecule has 0 saturated heterocycles. The molecular formula is C11H16ClNO2S. The van der Waals surface area contributed by atoms with E-state index in [0.29, 0.717) is 11.4 Å². The Hall–Kier alpha value is -0.580. The van der Waals surface area contributed by atoms with Crippen LogP contribution >= 0.6 is 11.6 Å². The van der Waals surface area contributed by atoms with Crippen molar-refractivity contribution >= 4 is 21.6 Å². The molecule has 0 aliphatic carbocycles. The molecule has 1 aromatic carbocycles. The van der Waals surface area contributed by atoms with Crippen LogP contribution in [0.3, 0.4) is 0 Å². The third kappa shape index (κ3) is 3.77. The maximum atomic E-state index is 11.5. The molecule has 0 aliphatic heterocycles. The van der Waals surface area contributed by atoms with E-state index in [1.807, 2.05) is 19.1 Å². The summed E-state index contributed by atoms with van der Waals surface area (Å²) >= 11 is 5.78. The molecule has 0 bridgehead atoms. The molecule has 0 heterocycles. The van der Waals surface area contributed by atoms with Crippen molar-refractivity contribution in [2.75, 3.05) is 5.75 Å². The predicted molar refractivity (Wildman–Crippen MR) is 67.1 cm³/mol. The zero-order chi connectivity index (χ0) is 12.2. The Kier molecular flexibility index (Phi) is 4.77. The van der Waals surface area contributed by atoms with Gasteiger partial charge in [-0.2, -0.15) is 0 Å². The Labute approximate surface area is 102 Å². The second-order valence-corrected chi connectivity index (χ2v) is 6.01. The largest absolute Gasteiger partial charge is 0.212 e. The molecule has 1 aromatic rings. The molecule has 3 nitrogen and oxygen atoms in total. The minimum Gasteiger partial charge on any atom is -0.212 e. The van der Waals surface area contributed by atoms with Crippen molar-refractivity contribution in [1.29, 1.82) is 0 Å². The summed E-state index contributed by atoms with van der Waals surface area (Å²) in [6, 6.07) is 7.03. The number of hydrogen-bond acceptors (Lipinski definition) is 2. The Morgan fingerprint density at radius 3 is 2.25 bits per heavy atom. The topological polar surface area (TPSA) is 46.2 Å². The molecule has 5 heteroatoms. The fourth-order valence-corrected chi connectivity index (χ4v) is 2.41. The smallest absolute Gasteiger partial charge is 0.211 e. The number of hydrogen-bond donors (Lipinski definition) is 1. The lowest BCUT2D eigenvalue weighted by atomic mass is 10.1. The molecule has 1 N–H and O–H groups in total. The van der Waals surface area contributed by atoms with Gasteiger partial charge in [0, 0.05) is 11.1 Å². The van der Waals surface area contributed by atoms with E-state index in [1.165, 1.54) is 0 Å². The molecule has 1 unspecified atom stereocenters. The first-order valence-electron chi connectivity index (χ1n) is 5.24. The van der Waals surface area contributed by atoms with E-state index in [-0.39, 0.29) is 11.8 Å². The number of nitrogens with one attached hydrogen (secondary N) is 1. The van der Waals surface area contributed by atoms with Gasteiger partial charge in [0.05, 0.1) is 5.75 Å². The van der Waals surface area contributed by atoms with Crippen molar-refractivity contribution in [2.24, 2.45) is 0 Å². The van der Waals surface area contributed by atoms with Crippen LogP contribution in [0, 0.1) is 0 Å². The van der Waals surface area contributed by atoms with E-state index in [2.05, 4.69) is 4.72 Å². The van der Waals surface area contributed by atoms with Gasteiger partial charge < -0.3 is 0 Å². The zero-order valence-corrected chi connectivity index (χ0v) is 11.0. The summed E-state index contributed by atoms with van der Waals surface area (Å²) in [6.45, 7) is 3.56. The Bertz CT molecular complexity index is 428. The maximum absolute atomic E-state index is 11.5. The number of rotatable bonds is 5. The summed E-state index contributed by atoms with van der Waals surface area (Å²) < 4.78 is 25.6. The van der Waals surface area contributed by atoms with Crippen molar-refractivity contribution in [1.82, 2.24) is 4.72 Å². The van der Waals surface area contributed by atoms with Crippen molar-refractivity contribution < 1.29 is 8.42 Å². The van der Waals surface area contributed by atoms with E-state index in [4.69, 9.17) is 11.6 Å². The molecule has 0 fully saturated rings. The molecule has 0 radical (unpaired) electrons. The zero-order valence-electron chi connectivity index (χ0n) is 9.40. The van der Waals surface area contributed by atoms with Gasteiger partial charge >= 0.3 is 0 Å². The van der Waals surface area contributed by atoms with Gasteiger partial charge in [-0.15, -0.1) is 0 Å². The first-order valence-corrected chi connectivity index (χ1v) is 7.27. The van der Waals surface area contributed by atoms with Crippen LogP contribution in [-0.2, 0) is 10.0 Å². The average molecular weight is 262 g/mol. The van der Waals surface area contributed by atoms with Crippen LogP contribution in [0.4, 0.5) is 0 Å². The lowest BCUT2D eigenvalue weighted by molar-refractivity contribution is 0.551. The maximum Gasteiger partial charge on any atom is 0.211 e. The molecule has 0 amide bonds. The predicted octanol–water partition coefficient (Wildman–Crippen LogP) is 2.73. The normalized spacial score (nSPS) is 13.7. The standard InChI is InChI=1S/C11H16ClNO2S/c1-3-11(13-16(14,15)4-2)9-5-7-10(12)8-6-9/h5-8,11,13H,3-4H2,1-2H3. The highest BCUT2D eigenvalue weighted by Gasteiger charge is 2.15. The van der Waals surface area contributed by atoms with Crippen LogP contribution in [0.2, 0.25) is 5.02 Å². The molecule has 16 heavy (non-hydrogen) atoms. The number of sulfonamides is 1.